The normalized spacial score (nSPS) is 17.9. The van der Waals surface area contributed by atoms with Crippen molar-refractivity contribution in [2.75, 3.05) is 14.1 Å². The molecule has 1 aliphatic heterocycles. The van der Waals surface area contributed by atoms with Crippen molar-refractivity contribution in [3.05, 3.63) is 35.9 Å². The summed E-state index contributed by atoms with van der Waals surface area (Å²) >= 11 is 0. The lowest BCUT2D eigenvalue weighted by Crippen LogP contribution is -2.44. The largest absolute Gasteiger partial charge is 0.400 e. The molecular formula is C15H17BN4O. The molecule has 0 atom stereocenters. The quantitative estimate of drug-likeness (QED) is 0.848. The topological polar surface area (TPSA) is 52.2 Å². The molecule has 0 fully saturated rings. The number of hydrogen-bond acceptors (Lipinski definition) is 4. The average molecular weight is 280 g/mol. The molecule has 106 valence electrons. The molecule has 21 heavy (non-hydrogen) atoms. The Kier molecular flexibility index (Phi) is 2.86. The van der Waals surface area contributed by atoms with E-state index in [0.717, 1.165) is 11.0 Å². The van der Waals surface area contributed by atoms with Gasteiger partial charge in [-0.1, -0.05) is 12.1 Å². The van der Waals surface area contributed by atoms with Gasteiger partial charge in [0.05, 0.1) is 16.6 Å². The number of H-pyrrole nitrogens is 1. The van der Waals surface area contributed by atoms with E-state index in [1.165, 1.54) is 4.81 Å². The Hall–Kier alpha value is -2.24. The maximum absolute atomic E-state index is 12.8. The zero-order chi connectivity index (χ0) is 15.4. The molecule has 5 nitrogen and oxygen atoms in total. The Balaban J connectivity index is 2.24. The third-order valence-corrected chi connectivity index (χ3v) is 3.89. The fourth-order valence-electron chi connectivity index (χ4n) is 2.63. The standard InChI is InChI=1S/C15H17BN4O/c1-15(2)12(21)11(14(19(3)4)20(15)16)13-17-9-7-5-6-8-10(9)18-13/h5-8H,1-4H3,(H,17,18). The molecule has 1 aliphatic rings. The first-order valence-corrected chi connectivity index (χ1v) is 6.80. The van der Waals surface area contributed by atoms with Crippen LogP contribution in [-0.2, 0) is 4.79 Å². The molecule has 1 aromatic heterocycles. The van der Waals surface area contributed by atoms with Crippen molar-refractivity contribution in [1.29, 1.82) is 0 Å². The number of fused-ring (bicyclic) bond motifs is 1. The molecule has 2 radical (unpaired) electrons. The van der Waals surface area contributed by atoms with Gasteiger partial charge in [-0.25, -0.2) is 4.98 Å². The van der Waals surface area contributed by atoms with Gasteiger partial charge in [-0.05, 0) is 26.0 Å². The van der Waals surface area contributed by atoms with Crippen LogP contribution in [0.3, 0.4) is 0 Å². The molecule has 0 bridgehead atoms. The molecule has 0 amide bonds. The van der Waals surface area contributed by atoms with Gasteiger partial charge in [0.25, 0.3) is 0 Å². The van der Waals surface area contributed by atoms with Crippen LogP contribution in [0.15, 0.2) is 30.1 Å². The molecule has 1 aromatic carbocycles. The summed E-state index contributed by atoms with van der Waals surface area (Å²) in [4.78, 5) is 23.9. The summed E-state index contributed by atoms with van der Waals surface area (Å²) in [6.45, 7) is 3.63. The number of nitrogens with zero attached hydrogens (tertiary/aromatic N) is 3. The highest BCUT2D eigenvalue weighted by Crippen LogP contribution is 2.37. The van der Waals surface area contributed by atoms with Crippen molar-refractivity contribution in [3.8, 4) is 0 Å². The zero-order valence-electron chi connectivity index (χ0n) is 12.6. The van der Waals surface area contributed by atoms with E-state index in [1.54, 1.807) is 0 Å². The number of ketones is 1. The van der Waals surface area contributed by atoms with E-state index in [-0.39, 0.29) is 5.78 Å². The molecule has 0 unspecified atom stereocenters. The second kappa shape index (κ2) is 4.38. The predicted molar refractivity (Wildman–Crippen MR) is 83.4 cm³/mol. The number of aromatic amines is 1. The molecule has 0 saturated heterocycles. The highest BCUT2D eigenvalue weighted by atomic mass is 16.1. The third kappa shape index (κ3) is 1.86. The summed E-state index contributed by atoms with van der Waals surface area (Å²) in [5, 5.41) is 0. The fraction of sp³-hybridized carbons (Fsp3) is 0.333. The van der Waals surface area contributed by atoms with Gasteiger partial charge in [0.15, 0.2) is 5.78 Å². The van der Waals surface area contributed by atoms with Gasteiger partial charge in [-0.15, -0.1) is 0 Å². The number of benzene rings is 1. The van der Waals surface area contributed by atoms with Crippen molar-refractivity contribution in [3.63, 3.8) is 0 Å². The number of carbonyl (C=O) groups excluding carboxylic acids is 1. The number of nitrogens with one attached hydrogen (secondary N) is 1. The van der Waals surface area contributed by atoms with Crippen LogP contribution < -0.4 is 0 Å². The van der Waals surface area contributed by atoms with Crippen LogP contribution in [0.25, 0.3) is 16.6 Å². The van der Waals surface area contributed by atoms with Crippen molar-refractivity contribution >= 4 is 30.4 Å². The van der Waals surface area contributed by atoms with Gasteiger partial charge < -0.3 is 14.7 Å². The van der Waals surface area contributed by atoms with Gasteiger partial charge in [-0.2, -0.15) is 0 Å². The molecule has 1 N–H and O–H groups in total. The van der Waals surface area contributed by atoms with Crippen LogP contribution in [-0.4, -0.2) is 53.1 Å². The Labute approximate surface area is 125 Å². The lowest BCUT2D eigenvalue weighted by molar-refractivity contribution is -0.119. The van der Waals surface area contributed by atoms with Crippen molar-refractivity contribution in [2.24, 2.45) is 0 Å². The molecule has 0 saturated carbocycles. The maximum Gasteiger partial charge on any atom is 0.229 e. The minimum absolute atomic E-state index is 0.0345. The second-order valence-corrected chi connectivity index (χ2v) is 5.95. The van der Waals surface area contributed by atoms with E-state index in [0.29, 0.717) is 17.2 Å². The second-order valence-electron chi connectivity index (χ2n) is 5.95. The van der Waals surface area contributed by atoms with Gasteiger partial charge in [0, 0.05) is 14.1 Å². The first kappa shape index (κ1) is 13.7. The van der Waals surface area contributed by atoms with E-state index in [4.69, 9.17) is 7.98 Å². The average Bonchev–Trinajstić information content (AvgIpc) is 2.92. The molecule has 0 aliphatic carbocycles. The minimum Gasteiger partial charge on any atom is -0.400 e. The number of hydrogen-bond donors (Lipinski definition) is 1. The van der Waals surface area contributed by atoms with Crippen molar-refractivity contribution in [1.82, 2.24) is 19.7 Å². The fourth-order valence-corrected chi connectivity index (χ4v) is 2.63. The van der Waals surface area contributed by atoms with Crippen molar-refractivity contribution in [2.45, 2.75) is 19.4 Å². The number of rotatable bonds is 2. The molecule has 3 rings (SSSR count). The van der Waals surface area contributed by atoms with E-state index in [1.807, 2.05) is 57.1 Å². The third-order valence-electron chi connectivity index (χ3n) is 3.89. The van der Waals surface area contributed by atoms with E-state index < -0.39 is 5.54 Å². The van der Waals surface area contributed by atoms with Crippen LogP contribution in [0.1, 0.15) is 19.7 Å². The zero-order valence-corrected chi connectivity index (χ0v) is 12.6. The lowest BCUT2D eigenvalue weighted by Gasteiger charge is -2.34. The smallest absolute Gasteiger partial charge is 0.229 e. The van der Waals surface area contributed by atoms with Crippen LogP contribution in [0, 0.1) is 0 Å². The van der Waals surface area contributed by atoms with Gasteiger partial charge in [-0.3, -0.25) is 4.79 Å². The summed E-state index contributed by atoms with van der Waals surface area (Å²) in [6, 6.07) is 7.70. The Morgan fingerprint density at radius 3 is 2.57 bits per heavy atom. The minimum atomic E-state index is -0.784. The number of aromatic nitrogens is 2. The van der Waals surface area contributed by atoms with E-state index in [9.17, 15) is 4.79 Å². The monoisotopic (exact) mass is 280 g/mol. The van der Waals surface area contributed by atoms with Gasteiger partial charge in [0.1, 0.15) is 17.2 Å². The van der Waals surface area contributed by atoms with Crippen LogP contribution >= 0.6 is 0 Å². The lowest BCUT2D eigenvalue weighted by atomic mass is 9.94. The van der Waals surface area contributed by atoms with Crippen LogP contribution in [0.2, 0.25) is 0 Å². The first-order valence-electron chi connectivity index (χ1n) is 6.80. The maximum atomic E-state index is 12.8. The highest BCUT2D eigenvalue weighted by molar-refractivity contribution is 6.30. The van der Waals surface area contributed by atoms with E-state index >= 15 is 0 Å². The highest BCUT2D eigenvalue weighted by Gasteiger charge is 2.45. The number of carbonyl (C=O) groups is 1. The first-order chi connectivity index (χ1) is 9.84. The molecule has 2 heterocycles. The Bertz CT molecular complexity index is 727. The summed E-state index contributed by atoms with van der Waals surface area (Å²) in [7, 11) is 9.88. The van der Waals surface area contributed by atoms with Crippen molar-refractivity contribution < 1.29 is 4.79 Å². The van der Waals surface area contributed by atoms with Crippen LogP contribution in [0.4, 0.5) is 0 Å². The number of para-hydroxylation sites is 2. The SMILES string of the molecule is [B]N1C(N(C)C)=C(c2nc3ccccc3[nH]2)C(=O)C1(C)C. The summed E-state index contributed by atoms with van der Waals surface area (Å²) in [5.74, 6) is 1.20. The van der Waals surface area contributed by atoms with Crippen LogP contribution in [0.5, 0.6) is 0 Å². The van der Waals surface area contributed by atoms with Gasteiger partial charge in [0.2, 0.25) is 7.98 Å². The Morgan fingerprint density at radius 1 is 1.29 bits per heavy atom. The summed E-state index contributed by atoms with van der Waals surface area (Å²) in [5.41, 5.74) is 1.48. The molecule has 0 spiro atoms. The van der Waals surface area contributed by atoms with Gasteiger partial charge >= 0.3 is 0 Å². The molecule has 2 aromatic rings. The predicted octanol–water partition coefficient (Wildman–Crippen LogP) is 1.54. The van der Waals surface area contributed by atoms with E-state index in [2.05, 4.69) is 9.97 Å². The molecular weight excluding hydrogens is 263 g/mol. The summed E-state index contributed by atoms with van der Waals surface area (Å²) < 4.78 is 0. The molecule has 6 heteroatoms. The summed E-state index contributed by atoms with van der Waals surface area (Å²) in [6.07, 6.45) is 0. The number of imidazole rings is 1. The number of Topliss-reactive ketones (excluding diaryl/α,β-unsaturated/α-hetero) is 1. The Morgan fingerprint density at radius 2 is 1.95 bits per heavy atom.